The Kier molecular flexibility index (Phi) is 4.33. The molecule has 3 heterocycles. The molecule has 5 heteroatoms. The summed E-state index contributed by atoms with van der Waals surface area (Å²) in [6, 6.07) is 16.9. The van der Waals surface area contributed by atoms with E-state index in [0.29, 0.717) is 0 Å². The monoisotopic (exact) mass is 398 g/mol. The maximum atomic E-state index is 5.92. The number of benzene rings is 2. The van der Waals surface area contributed by atoms with Crippen LogP contribution < -0.4 is 9.64 Å². The number of piperidine rings is 1. The lowest BCUT2D eigenvalue weighted by Crippen LogP contribution is -2.29. The zero-order valence-electron chi connectivity index (χ0n) is 17.1. The molecule has 152 valence electrons. The van der Waals surface area contributed by atoms with E-state index in [-0.39, 0.29) is 0 Å². The normalized spacial score (nSPS) is 17.0. The number of fused-ring (bicyclic) bond motifs is 2. The van der Waals surface area contributed by atoms with Crippen LogP contribution in [-0.2, 0) is 0 Å². The first kappa shape index (κ1) is 17.8. The van der Waals surface area contributed by atoms with Crippen LogP contribution in [0.3, 0.4) is 0 Å². The number of aromatic nitrogens is 3. The van der Waals surface area contributed by atoms with Crippen LogP contribution in [0.5, 0.6) is 5.75 Å². The Bertz CT molecular complexity index is 1200. The Labute approximate surface area is 176 Å². The molecular weight excluding hydrogens is 372 g/mol. The summed E-state index contributed by atoms with van der Waals surface area (Å²) in [7, 11) is 0. The maximum Gasteiger partial charge on any atom is 0.139 e. The largest absolute Gasteiger partial charge is 0.493 e. The second-order valence-electron chi connectivity index (χ2n) is 8.59. The predicted octanol–water partition coefficient (Wildman–Crippen LogP) is 5.35. The molecule has 30 heavy (non-hydrogen) atoms. The molecule has 4 aromatic rings. The lowest BCUT2D eigenvalue weighted by atomic mass is 10.1. The van der Waals surface area contributed by atoms with E-state index < -0.39 is 0 Å². The molecule has 2 aliphatic rings. The van der Waals surface area contributed by atoms with Crippen molar-refractivity contribution in [3.63, 3.8) is 0 Å². The predicted molar refractivity (Wildman–Crippen MR) is 121 cm³/mol. The highest BCUT2D eigenvalue weighted by Gasteiger charge is 2.22. The molecule has 0 radical (unpaired) electrons. The summed E-state index contributed by atoms with van der Waals surface area (Å²) in [4.78, 5) is 12.2. The van der Waals surface area contributed by atoms with Gasteiger partial charge in [0.15, 0.2) is 0 Å². The Morgan fingerprint density at radius 2 is 1.87 bits per heavy atom. The minimum atomic E-state index is 0.745. The summed E-state index contributed by atoms with van der Waals surface area (Å²) in [5.41, 5.74) is 4.31. The molecule has 1 aliphatic carbocycles. The average Bonchev–Trinajstić information content (AvgIpc) is 3.54. The van der Waals surface area contributed by atoms with Crippen molar-refractivity contribution in [3.05, 3.63) is 54.9 Å². The fourth-order valence-electron chi connectivity index (χ4n) is 4.41. The lowest BCUT2D eigenvalue weighted by molar-refractivity contribution is 0.300. The second kappa shape index (κ2) is 7.31. The average molecular weight is 399 g/mol. The van der Waals surface area contributed by atoms with Crippen molar-refractivity contribution in [2.75, 3.05) is 24.6 Å². The number of pyridine rings is 1. The van der Waals surface area contributed by atoms with E-state index in [0.717, 1.165) is 53.7 Å². The van der Waals surface area contributed by atoms with Gasteiger partial charge in [-0.3, -0.25) is 4.57 Å². The molecule has 0 N–H and O–H groups in total. The minimum absolute atomic E-state index is 0.745. The highest BCUT2D eigenvalue weighted by Crippen LogP contribution is 2.31. The third-order valence-corrected chi connectivity index (χ3v) is 6.33. The fraction of sp³-hybridized carbons (Fsp3) is 0.360. The summed E-state index contributed by atoms with van der Waals surface area (Å²) in [5.74, 6) is 2.55. The number of para-hydroxylation sites is 1. The van der Waals surface area contributed by atoms with Crippen molar-refractivity contribution >= 4 is 27.6 Å². The van der Waals surface area contributed by atoms with Crippen molar-refractivity contribution in [1.29, 1.82) is 0 Å². The molecule has 1 saturated carbocycles. The van der Waals surface area contributed by atoms with Crippen LogP contribution in [0.25, 0.3) is 27.8 Å². The van der Waals surface area contributed by atoms with E-state index in [4.69, 9.17) is 9.72 Å². The van der Waals surface area contributed by atoms with Crippen LogP contribution in [0.2, 0.25) is 0 Å². The van der Waals surface area contributed by atoms with E-state index in [1.807, 2.05) is 18.5 Å². The molecule has 0 spiro atoms. The molecule has 1 aliphatic heterocycles. The SMILES string of the molecule is c1cc(N2CCCCC2)c2nc(-n3cnc4cc(OCC5CC5)ccc43)ccc2c1. The van der Waals surface area contributed by atoms with Gasteiger partial charge in [-0.15, -0.1) is 0 Å². The first-order valence-corrected chi connectivity index (χ1v) is 11.1. The zero-order valence-corrected chi connectivity index (χ0v) is 17.1. The first-order valence-electron chi connectivity index (χ1n) is 11.1. The van der Waals surface area contributed by atoms with Gasteiger partial charge < -0.3 is 9.64 Å². The standard InChI is InChI=1S/C25H26N4O/c1-2-13-28(14-3-1)23-6-4-5-19-9-12-24(27-25(19)23)29-17-26-21-15-20(10-11-22(21)29)30-16-18-7-8-18/h4-6,9-12,15,17-18H,1-3,7-8,13-14,16H2. The van der Waals surface area contributed by atoms with Crippen LogP contribution >= 0.6 is 0 Å². The van der Waals surface area contributed by atoms with Gasteiger partial charge in [0.25, 0.3) is 0 Å². The molecule has 2 aromatic heterocycles. The van der Waals surface area contributed by atoms with Crippen LogP contribution in [0.4, 0.5) is 5.69 Å². The Hall–Kier alpha value is -3.08. The Morgan fingerprint density at radius 3 is 2.73 bits per heavy atom. The molecular formula is C25H26N4O. The van der Waals surface area contributed by atoms with Crippen molar-refractivity contribution in [1.82, 2.24) is 14.5 Å². The van der Waals surface area contributed by atoms with Gasteiger partial charge in [0.05, 0.1) is 28.8 Å². The fourth-order valence-corrected chi connectivity index (χ4v) is 4.41. The van der Waals surface area contributed by atoms with Gasteiger partial charge in [-0.1, -0.05) is 12.1 Å². The van der Waals surface area contributed by atoms with Crippen LogP contribution in [-0.4, -0.2) is 34.2 Å². The molecule has 0 unspecified atom stereocenters. The molecule has 0 bridgehead atoms. The van der Waals surface area contributed by atoms with Gasteiger partial charge in [-0.25, -0.2) is 9.97 Å². The van der Waals surface area contributed by atoms with Gasteiger partial charge in [0.1, 0.15) is 17.9 Å². The molecule has 1 saturated heterocycles. The topological polar surface area (TPSA) is 43.2 Å². The number of imidazole rings is 1. The van der Waals surface area contributed by atoms with Crippen molar-refractivity contribution < 1.29 is 4.74 Å². The van der Waals surface area contributed by atoms with Crippen molar-refractivity contribution in [2.45, 2.75) is 32.1 Å². The lowest BCUT2D eigenvalue weighted by Gasteiger charge is -2.29. The molecule has 6 rings (SSSR count). The molecule has 0 atom stereocenters. The highest BCUT2D eigenvalue weighted by atomic mass is 16.5. The maximum absolute atomic E-state index is 5.92. The number of hydrogen-bond donors (Lipinski definition) is 0. The summed E-state index contributed by atoms with van der Waals surface area (Å²) < 4.78 is 8.00. The van der Waals surface area contributed by atoms with E-state index in [9.17, 15) is 0 Å². The second-order valence-corrected chi connectivity index (χ2v) is 8.59. The Balaban J connectivity index is 1.37. The van der Waals surface area contributed by atoms with Gasteiger partial charge >= 0.3 is 0 Å². The van der Waals surface area contributed by atoms with E-state index >= 15 is 0 Å². The number of ether oxygens (including phenoxy) is 1. The molecule has 2 aromatic carbocycles. The molecule has 5 nitrogen and oxygen atoms in total. The van der Waals surface area contributed by atoms with E-state index in [2.05, 4.69) is 50.8 Å². The summed E-state index contributed by atoms with van der Waals surface area (Å²) in [6.07, 6.45) is 8.30. The Morgan fingerprint density at radius 1 is 0.967 bits per heavy atom. The highest BCUT2D eigenvalue weighted by molar-refractivity contribution is 5.92. The van der Waals surface area contributed by atoms with Gasteiger partial charge in [0.2, 0.25) is 0 Å². The summed E-state index contributed by atoms with van der Waals surface area (Å²) in [6.45, 7) is 3.04. The van der Waals surface area contributed by atoms with Crippen molar-refractivity contribution in [2.24, 2.45) is 5.92 Å². The quantitative estimate of drug-likeness (QED) is 0.454. The number of rotatable bonds is 5. The third kappa shape index (κ3) is 3.28. The van der Waals surface area contributed by atoms with E-state index in [1.54, 1.807) is 0 Å². The van der Waals surface area contributed by atoms with Gasteiger partial charge in [-0.2, -0.15) is 0 Å². The summed E-state index contributed by atoms with van der Waals surface area (Å²) >= 11 is 0. The minimum Gasteiger partial charge on any atom is -0.493 e. The number of nitrogens with zero attached hydrogens (tertiary/aromatic N) is 4. The van der Waals surface area contributed by atoms with Gasteiger partial charge in [-0.05, 0) is 68.4 Å². The third-order valence-electron chi connectivity index (χ3n) is 6.33. The summed E-state index contributed by atoms with van der Waals surface area (Å²) in [5, 5.41) is 1.18. The number of anilines is 1. The zero-order chi connectivity index (χ0) is 19.9. The molecule has 0 amide bonds. The van der Waals surface area contributed by atoms with Gasteiger partial charge in [0, 0.05) is 24.5 Å². The number of hydrogen-bond acceptors (Lipinski definition) is 4. The van der Waals surface area contributed by atoms with Crippen molar-refractivity contribution in [3.8, 4) is 11.6 Å². The first-order chi connectivity index (χ1) is 14.8. The van der Waals surface area contributed by atoms with E-state index in [1.165, 1.54) is 43.2 Å². The smallest absolute Gasteiger partial charge is 0.139 e. The van der Waals surface area contributed by atoms with Crippen LogP contribution in [0, 0.1) is 5.92 Å². The van der Waals surface area contributed by atoms with Crippen LogP contribution in [0.1, 0.15) is 32.1 Å². The van der Waals surface area contributed by atoms with Crippen LogP contribution in [0.15, 0.2) is 54.9 Å². The molecule has 2 fully saturated rings.